The molecule has 3 aromatic rings. The van der Waals surface area contributed by atoms with E-state index in [2.05, 4.69) is 25.6 Å². The van der Waals surface area contributed by atoms with Crippen LogP contribution in [0.4, 0.5) is 14.7 Å². The lowest BCUT2D eigenvalue weighted by Crippen LogP contribution is -2.47. The van der Waals surface area contributed by atoms with Crippen molar-refractivity contribution in [2.75, 3.05) is 24.7 Å². The number of aromatic nitrogens is 5. The standard InChI is InChI=1S/C22H29F2N7O3S/c1-14-13-30(35(2,32)33)9-6-18(14)27-21-28-20-19(34-16-3-7-22(23,24)8-4-16)17(5-10-31(20)29-21)15-11-25-26-12-15/h5,10-12,14,16,18H,3-4,6-9,13H2,1-2H3,(H,25,26)(H,27,29)/t14-,18+/m1/s1. The molecule has 1 saturated heterocycles. The summed E-state index contributed by atoms with van der Waals surface area (Å²) in [7, 11) is -3.23. The fourth-order valence-corrected chi connectivity index (χ4v) is 5.76. The van der Waals surface area contributed by atoms with Crippen LogP contribution in [-0.2, 0) is 10.0 Å². The molecule has 0 amide bonds. The van der Waals surface area contributed by atoms with Crippen LogP contribution in [0.1, 0.15) is 39.0 Å². The fourth-order valence-electron chi connectivity index (χ4n) is 4.81. The van der Waals surface area contributed by atoms with Crippen molar-refractivity contribution < 1.29 is 21.9 Å². The van der Waals surface area contributed by atoms with E-state index >= 15 is 0 Å². The van der Waals surface area contributed by atoms with Crippen LogP contribution in [0.5, 0.6) is 5.75 Å². The number of hydrogen-bond acceptors (Lipinski definition) is 7. The van der Waals surface area contributed by atoms with Crippen LogP contribution in [0, 0.1) is 5.92 Å². The third kappa shape index (κ3) is 5.10. The third-order valence-electron chi connectivity index (χ3n) is 6.87. The zero-order valence-electron chi connectivity index (χ0n) is 19.6. The first kappa shape index (κ1) is 23.9. The number of rotatable bonds is 6. The number of piperidine rings is 1. The minimum Gasteiger partial charge on any atom is -0.486 e. The second-order valence-electron chi connectivity index (χ2n) is 9.56. The Morgan fingerprint density at radius 3 is 2.69 bits per heavy atom. The minimum atomic E-state index is -3.23. The van der Waals surface area contributed by atoms with E-state index in [1.165, 1.54) is 10.6 Å². The molecule has 13 heteroatoms. The molecule has 2 atom stereocenters. The number of halogens is 2. The van der Waals surface area contributed by atoms with E-state index in [0.29, 0.717) is 36.9 Å². The van der Waals surface area contributed by atoms with Crippen LogP contribution in [0.3, 0.4) is 0 Å². The summed E-state index contributed by atoms with van der Waals surface area (Å²) >= 11 is 0. The highest BCUT2D eigenvalue weighted by molar-refractivity contribution is 7.88. The van der Waals surface area contributed by atoms with Crippen molar-refractivity contribution >= 4 is 21.6 Å². The van der Waals surface area contributed by atoms with Gasteiger partial charge < -0.3 is 10.1 Å². The molecule has 0 unspecified atom stereocenters. The van der Waals surface area contributed by atoms with Crippen LogP contribution < -0.4 is 10.1 Å². The van der Waals surface area contributed by atoms with Crippen LogP contribution in [0.2, 0.25) is 0 Å². The molecule has 3 aromatic heterocycles. The third-order valence-corrected chi connectivity index (χ3v) is 8.14. The van der Waals surface area contributed by atoms with Gasteiger partial charge in [0.25, 0.3) is 0 Å². The molecule has 0 aromatic carbocycles. The zero-order chi connectivity index (χ0) is 24.8. The summed E-state index contributed by atoms with van der Waals surface area (Å²) in [4.78, 5) is 4.68. The summed E-state index contributed by atoms with van der Waals surface area (Å²) in [6, 6.07) is 1.85. The lowest BCUT2D eigenvalue weighted by atomic mass is 9.94. The van der Waals surface area contributed by atoms with E-state index in [0.717, 1.165) is 11.1 Å². The molecule has 4 heterocycles. The van der Waals surface area contributed by atoms with Crippen molar-refractivity contribution in [3.63, 3.8) is 0 Å². The molecule has 2 aliphatic rings. The fraction of sp³-hybridized carbons (Fsp3) is 0.591. The van der Waals surface area contributed by atoms with Crippen molar-refractivity contribution in [1.82, 2.24) is 29.1 Å². The predicted molar refractivity (Wildman–Crippen MR) is 126 cm³/mol. The first-order chi connectivity index (χ1) is 16.6. The monoisotopic (exact) mass is 509 g/mol. The number of pyridine rings is 1. The molecular formula is C22H29F2N7O3S. The van der Waals surface area contributed by atoms with Gasteiger partial charge >= 0.3 is 0 Å². The first-order valence-corrected chi connectivity index (χ1v) is 13.6. The smallest absolute Gasteiger partial charge is 0.248 e. The maximum Gasteiger partial charge on any atom is 0.248 e. The summed E-state index contributed by atoms with van der Waals surface area (Å²) in [6.45, 7) is 2.85. The number of nitrogens with one attached hydrogen (secondary N) is 2. The number of ether oxygens (including phenoxy) is 1. The van der Waals surface area contributed by atoms with Crippen molar-refractivity contribution in [1.29, 1.82) is 0 Å². The molecule has 190 valence electrons. The zero-order valence-corrected chi connectivity index (χ0v) is 20.4. The molecule has 2 fully saturated rings. The highest BCUT2D eigenvalue weighted by atomic mass is 32.2. The molecule has 1 aliphatic carbocycles. The Morgan fingerprint density at radius 2 is 2.03 bits per heavy atom. The number of H-pyrrole nitrogens is 1. The minimum absolute atomic E-state index is 0.00343. The average molecular weight is 510 g/mol. The predicted octanol–water partition coefficient (Wildman–Crippen LogP) is 3.16. The van der Waals surface area contributed by atoms with E-state index in [1.807, 2.05) is 13.0 Å². The number of alkyl halides is 2. The van der Waals surface area contributed by atoms with Crippen molar-refractivity contribution in [2.24, 2.45) is 5.92 Å². The van der Waals surface area contributed by atoms with Gasteiger partial charge in [-0.25, -0.2) is 26.0 Å². The number of nitrogens with zero attached hydrogens (tertiary/aromatic N) is 5. The first-order valence-electron chi connectivity index (χ1n) is 11.7. The highest BCUT2D eigenvalue weighted by Gasteiger charge is 2.36. The van der Waals surface area contributed by atoms with Crippen molar-refractivity contribution in [2.45, 2.75) is 57.1 Å². The van der Waals surface area contributed by atoms with E-state index in [-0.39, 0.29) is 43.7 Å². The Kier molecular flexibility index (Phi) is 6.16. The molecule has 0 spiro atoms. The Hall–Kier alpha value is -2.80. The van der Waals surface area contributed by atoms with Gasteiger partial charge in [0.15, 0.2) is 11.4 Å². The van der Waals surface area contributed by atoms with E-state index in [4.69, 9.17) is 4.74 Å². The molecule has 0 radical (unpaired) electrons. The Labute approximate surface area is 202 Å². The summed E-state index contributed by atoms with van der Waals surface area (Å²) in [5.41, 5.74) is 2.02. The van der Waals surface area contributed by atoms with Gasteiger partial charge in [0.05, 0.1) is 18.6 Å². The van der Waals surface area contributed by atoms with Gasteiger partial charge in [0.1, 0.15) is 0 Å². The van der Waals surface area contributed by atoms with Gasteiger partial charge in [-0.3, -0.25) is 5.10 Å². The van der Waals surface area contributed by atoms with Gasteiger partial charge in [-0.2, -0.15) is 10.1 Å². The normalized spacial score (nSPS) is 24.0. The van der Waals surface area contributed by atoms with Crippen LogP contribution in [-0.4, -0.2) is 74.9 Å². The van der Waals surface area contributed by atoms with Crippen LogP contribution in [0.25, 0.3) is 16.8 Å². The van der Waals surface area contributed by atoms with E-state index in [1.54, 1.807) is 23.1 Å². The number of hydrogen-bond donors (Lipinski definition) is 2. The quantitative estimate of drug-likeness (QED) is 0.524. The SMILES string of the molecule is C[C@@H]1CN(S(C)(=O)=O)CC[C@@H]1Nc1nc2c(OC3CCC(F)(F)CC3)c(-c3cn[nH]c3)ccn2n1. The van der Waals surface area contributed by atoms with Gasteiger partial charge in [-0.1, -0.05) is 6.92 Å². The topological polar surface area (TPSA) is 118 Å². The molecule has 10 nitrogen and oxygen atoms in total. The Morgan fingerprint density at radius 1 is 1.26 bits per heavy atom. The lowest BCUT2D eigenvalue weighted by Gasteiger charge is -2.35. The molecule has 0 bridgehead atoms. The second-order valence-corrected chi connectivity index (χ2v) is 11.5. The molecular weight excluding hydrogens is 480 g/mol. The van der Waals surface area contributed by atoms with Gasteiger partial charge in [-0.05, 0) is 31.2 Å². The molecule has 2 N–H and O–H groups in total. The van der Waals surface area contributed by atoms with Gasteiger partial charge in [0.2, 0.25) is 21.9 Å². The van der Waals surface area contributed by atoms with Gasteiger partial charge in [-0.15, -0.1) is 5.10 Å². The van der Waals surface area contributed by atoms with E-state index < -0.39 is 15.9 Å². The molecule has 1 aliphatic heterocycles. The number of aromatic amines is 1. The van der Waals surface area contributed by atoms with Crippen LogP contribution in [0.15, 0.2) is 24.7 Å². The number of sulfonamides is 1. The molecule has 5 rings (SSSR count). The number of anilines is 1. The van der Waals surface area contributed by atoms with E-state index in [9.17, 15) is 17.2 Å². The molecule has 35 heavy (non-hydrogen) atoms. The maximum absolute atomic E-state index is 13.7. The van der Waals surface area contributed by atoms with Crippen LogP contribution >= 0.6 is 0 Å². The summed E-state index contributed by atoms with van der Waals surface area (Å²) in [5, 5.41) is 14.7. The summed E-state index contributed by atoms with van der Waals surface area (Å²) in [6.07, 6.45) is 6.79. The van der Waals surface area contributed by atoms with Gasteiger partial charge in [0, 0.05) is 55.5 Å². The largest absolute Gasteiger partial charge is 0.486 e. The maximum atomic E-state index is 13.7. The Bertz CT molecular complexity index is 1290. The Balaban J connectivity index is 1.42. The number of fused-ring (bicyclic) bond motifs is 1. The highest BCUT2D eigenvalue weighted by Crippen LogP contribution is 2.39. The lowest BCUT2D eigenvalue weighted by molar-refractivity contribution is -0.0580. The van der Waals surface area contributed by atoms with Crippen molar-refractivity contribution in [3.05, 3.63) is 24.7 Å². The average Bonchev–Trinajstić information content (AvgIpc) is 3.46. The molecule has 1 saturated carbocycles. The summed E-state index contributed by atoms with van der Waals surface area (Å²) in [5.74, 6) is -1.70. The summed E-state index contributed by atoms with van der Waals surface area (Å²) < 4.78 is 60.5. The van der Waals surface area contributed by atoms with Crippen molar-refractivity contribution in [3.8, 4) is 16.9 Å². The second kappa shape index (κ2) is 9.01.